The summed E-state index contributed by atoms with van der Waals surface area (Å²) in [5, 5.41) is 0.391. The first kappa shape index (κ1) is 20.3. The van der Waals surface area contributed by atoms with Gasteiger partial charge in [0.05, 0.1) is 12.1 Å². The van der Waals surface area contributed by atoms with Crippen molar-refractivity contribution < 1.29 is 14.2 Å². The van der Waals surface area contributed by atoms with Gasteiger partial charge in [0.2, 0.25) is 0 Å². The number of methoxy groups -OCH3 is 1. The fraction of sp³-hybridized carbons (Fsp3) is 0.350. The van der Waals surface area contributed by atoms with Crippen molar-refractivity contribution in [3.63, 3.8) is 0 Å². The minimum Gasteiger partial charge on any atom is -0.493 e. The van der Waals surface area contributed by atoms with Gasteiger partial charge in [-0.1, -0.05) is 62.8 Å². The highest BCUT2D eigenvalue weighted by molar-refractivity contribution is 7.80. The average Bonchev–Trinajstić information content (AvgIpc) is 2.58. The van der Waals surface area contributed by atoms with Gasteiger partial charge >= 0.3 is 0 Å². The molecule has 0 bridgehead atoms. The molecule has 0 atom stereocenters. The Kier molecular flexibility index (Phi) is 6.73. The second-order valence-electron chi connectivity index (χ2n) is 6.80. The summed E-state index contributed by atoms with van der Waals surface area (Å²) in [6, 6.07) is 11.4. The highest BCUT2D eigenvalue weighted by Gasteiger charge is 2.18. The lowest BCUT2D eigenvalue weighted by Gasteiger charge is -2.22. The maximum Gasteiger partial charge on any atom is 0.179 e. The van der Waals surface area contributed by atoms with Crippen molar-refractivity contribution in [1.82, 2.24) is 0 Å². The summed E-state index contributed by atoms with van der Waals surface area (Å²) in [7, 11) is 1.54. The van der Waals surface area contributed by atoms with E-state index in [-0.39, 0.29) is 10.4 Å². The molecule has 6 heteroatoms. The first-order valence-corrected chi connectivity index (χ1v) is 9.05. The van der Waals surface area contributed by atoms with Crippen molar-refractivity contribution in [2.24, 2.45) is 5.73 Å². The topological polar surface area (TPSA) is 53.7 Å². The van der Waals surface area contributed by atoms with Crippen LogP contribution in [0.2, 0.25) is 5.02 Å². The molecule has 0 radical (unpaired) electrons. The van der Waals surface area contributed by atoms with Crippen LogP contribution in [0.25, 0.3) is 0 Å². The zero-order valence-electron chi connectivity index (χ0n) is 15.5. The summed E-state index contributed by atoms with van der Waals surface area (Å²) in [4.78, 5) is 0.249. The molecule has 0 heterocycles. The Bertz CT molecular complexity index is 787. The van der Waals surface area contributed by atoms with Gasteiger partial charge in [0.1, 0.15) is 24.0 Å². The lowest BCUT2D eigenvalue weighted by Crippen LogP contribution is -2.16. The minimum absolute atomic E-state index is 0.000449. The highest BCUT2D eigenvalue weighted by atomic mass is 35.5. The zero-order chi connectivity index (χ0) is 19.3. The molecule has 140 valence electrons. The molecular formula is C20H24ClNO3S. The van der Waals surface area contributed by atoms with Gasteiger partial charge < -0.3 is 19.9 Å². The predicted octanol–water partition coefficient (Wildman–Crippen LogP) is 4.74. The summed E-state index contributed by atoms with van der Waals surface area (Å²) in [6.45, 7) is 7.16. The minimum atomic E-state index is 0.000449. The van der Waals surface area contributed by atoms with E-state index in [1.165, 1.54) is 7.11 Å². The van der Waals surface area contributed by atoms with Gasteiger partial charge in [0, 0.05) is 5.56 Å². The molecule has 0 aliphatic carbocycles. The first-order valence-electron chi connectivity index (χ1n) is 8.26. The van der Waals surface area contributed by atoms with Crippen LogP contribution in [0.1, 0.15) is 31.9 Å². The summed E-state index contributed by atoms with van der Waals surface area (Å²) < 4.78 is 17.0. The SMILES string of the molecule is COc1cc(C(N)=S)cc(Cl)c1OCCOc1ccccc1C(C)(C)C. The van der Waals surface area contributed by atoms with Crippen LogP contribution in [0.3, 0.4) is 0 Å². The quantitative estimate of drug-likeness (QED) is 0.544. The Morgan fingerprint density at radius 1 is 1.08 bits per heavy atom. The maximum atomic E-state index is 6.28. The number of rotatable bonds is 7. The van der Waals surface area contributed by atoms with Crippen LogP contribution in [-0.2, 0) is 5.41 Å². The van der Waals surface area contributed by atoms with Crippen LogP contribution < -0.4 is 19.9 Å². The van der Waals surface area contributed by atoms with E-state index in [2.05, 4.69) is 26.8 Å². The molecule has 2 aromatic carbocycles. The van der Waals surface area contributed by atoms with Gasteiger partial charge in [-0.15, -0.1) is 0 Å². The van der Waals surface area contributed by atoms with E-state index < -0.39 is 0 Å². The van der Waals surface area contributed by atoms with E-state index in [0.29, 0.717) is 35.3 Å². The first-order chi connectivity index (χ1) is 12.2. The Morgan fingerprint density at radius 3 is 2.35 bits per heavy atom. The van der Waals surface area contributed by atoms with Crippen LogP contribution in [-0.4, -0.2) is 25.3 Å². The number of halogens is 1. The largest absolute Gasteiger partial charge is 0.493 e. The molecular weight excluding hydrogens is 370 g/mol. The Morgan fingerprint density at radius 2 is 1.73 bits per heavy atom. The molecule has 0 spiro atoms. The summed E-state index contributed by atoms with van der Waals surface area (Å²) in [6.07, 6.45) is 0. The summed E-state index contributed by atoms with van der Waals surface area (Å²) in [5.41, 5.74) is 7.43. The third kappa shape index (κ3) is 5.02. The Labute approximate surface area is 165 Å². The Balaban J connectivity index is 2.04. The van der Waals surface area contributed by atoms with E-state index in [4.69, 9.17) is 43.8 Å². The number of thiocarbonyl (C=S) groups is 1. The second-order valence-corrected chi connectivity index (χ2v) is 7.64. The van der Waals surface area contributed by atoms with Gasteiger partial charge in [0.25, 0.3) is 0 Å². The lowest BCUT2D eigenvalue weighted by atomic mass is 9.86. The van der Waals surface area contributed by atoms with Gasteiger partial charge in [-0.05, 0) is 29.2 Å². The zero-order valence-corrected chi connectivity index (χ0v) is 17.0. The third-order valence-corrected chi connectivity index (χ3v) is 4.31. The fourth-order valence-corrected chi connectivity index (χ4v) is 2.89. The van der Waals surface area contributed by atoms with Crippen molar-refractivity contribution >= 4 is 28.8 Å². The molecule has 4 nitrogen and oxygen atoms in total. The van der Waals surface area contributed by atoms with Crippen molar-refractivity contribution in [3.05, 3.63) is 52.5 Å². The third-order valence-electron chi connectivity index (χ3n) is 3.80. The molecule has 0 aliphatic heterocycles. The summed E-state index contributed by atoms with van der Waals surface area (Å²) >= 11 is 11.3. The number of nitrogens with two attached hydrogens (primary N) is 1. The fourth-order valence-electron chi connectivity index (χ4n) is 2.51. The van der Waals surface area contributed by atoms with Crippen LogP contribution in [0.4, 0.5) is 0 Å². The molecule has 0 unspecified atom stereocenters. The number of benzene rings is 2. The van der Waals surface area contributed by atoms with Crippen molar-refractivity contribution in [1.29, 1.82) is 0 Å². The van der Waals surface area contributed by atoms with Crippen LogP contribution >= 0.6 is 23.8 Å². The van der Waals surface area contributed by atoms with Crippen molar-refractivity contribution in [2.45, 2.75) is 26.2 Å². The normalized spacial score (nSPS) is 11.1. The van der Waals surface area contributed by atoms with Crippen LogP contribution in [0.5, 0.6) is 17.2 Å². The number of ether oxygens (including phenoxy) is 3. The van der Waals surface area contributed by atoms with E-state index in [0.717, 1.165) is 11.3 Å². The Hall–Kier alpha value is -1.98. The van der Waals surface area contributed by atoms with Crippen molar-refractivity contribution in [3.8, 4) is 17.2 Å². The van der Waals surface area contributed by atoms with E-state index in [9.17, 15) is 0 Å². The molecule has 0 amide bonds. The smallest absolute Gasteiger partial charge is 0.179 e. The van der Waals surface area contributed by atoms with Gasteiger partial charge in [-0.25, -0.2) is 0 Å². The predicted molar refractivity (Wildman–Crippen MR) is 110 cm³/mol. The van der Waals surface area contributed by atoms with E-state index in [1.807, 2.05) is 18.2 Å². The highest BCUT2D eigenvalue weighted by Crippen LogP contribution is 2.36. The number of para-hydroxylation sites is 1. The van der Waals surface area contributed by atoms with Crippen LogP contribution in [0, 0.1) is 0 Å². The summed E-state index contributed by atoms with van der Waals surface area (Å²) in [5.74, 6) is 1.78. The molecule has 0 fully saturated rings. The molecule has 0 aromatic heterocycles. The molecule has 26 heavy (non-hydrogen) atoms. The van der Waals surface area contributed by atoms with Crippen LogP contribution in [0.15, 0.2) is 36.4 Å². The van der Waals surface area contributed by atoms with E-state index in [1.54, 1.807) is 12.1 Å². The standard InChI is InChI=1S/C20H24ClNO3S/c1-20(2,3)14-7-5-6-8-16(14)24-9-10-25-18-15(21)11-13(19(22)26)12-17(18)23-4/h5-8,11-12H,9-10H2,1-4H3,(H2,22,26). The average molecular weight is 394 g/mol. The number of hydrogen-bond acceptors (Lipinski definition) is 4. The molecule has 2 N–H and O–H groups in total. The molecule has 0 aliphatic rings. The van der Waals surface area contributed by atoms with Gasteiger partial charge in [-0.3, -0.25) is 0 Å². The monoisotopic (exact) mass is 393 g/mol. The molecule has 0 saturated heterocycles. The molecule has 2 aromatic rings. The van der Waals surface area contributed by atoms with Gasteiger partial charge in [-0.2, -0.15) is 0 Å². The maximum absolute atomic E-state index is 6.28. The van der Waals surface area contributed by atoms with E-state index >= 15 is 0 Å². The van der Waals surface area contributed by atoms with Crippen molar-refractivity contribution in [2.75, 3.05) is 20.3 Å². The molecule has 2 rings (SSSR count). The number of hydrogen-bond donors (Lipinski definition) is 1. The lowest BCUT2D eigenvalue weighted by molar-refractivity contribution is 0.209. The van der Waals surface area contributed by atoms with Gasteiger partial charge in [0.15, 0.2) is 11.5 Å². The second kappa shape index (κ2) is 8.60. The molecule has 0 saturated carbocycles.